The summed E-state index contributed by atoms with van der Waals surface area (Å²) in [6.45, 7) is 2.26. The van der Waals surface area contributed by atoms with Gasteiger partial charge in [0.25, 0.3) is 0 Å². The molecule has 0 unspecified atom stereocenters. The molecule has 12 heavy (non-hydrogen) atoms. The lowest BCUT2D eigenvalue weighted by Crippen LogP contribution is -2.18. The molecule has 0 bridgehead atoms. The normalized spacial score (nSPS) is 20.8. The zero-order valence-electron chi connectivity index (χ0n) is 7.23. The van der Waals surface area contributed by atoms with E-state index in [2.05, 4.69) is 4.90 Å². The second-order valence-electron chi connectivity index (χ2n) is 3.16. The van der Waals surface area contributed by atoms with Crippen LogP contribution in [0.1, 0.15) is 25.7 Å². The smallest absolute Gasteiger partial charge is 0.0596 e. The third-order valence-electron chi connectivity index (χ3n) is 2.09. The summed E-state index contributed by atoms with van der Waals surface area (Å²) in [5.74, 6) is 0.429. The van der Waals surface area contributed by atoms with Crippen molar-refractivity contribution in [1.82, 2.24) is 4.90 Å². The van der Waals surface area contributed by atoms with Gasteiger partial charge in [-0.3, -0.25) is 0 Å². The number of nitrogens with zero attached hydrogens (tertiary/aromatic N) is 1. The number of halogens is 2. The van der Waals surface area contributed by atoms with E-state index in [0.717, 1.165) is 18.1 Å². The van der Waals surface area contributed by atoms with Gasteiger partial charge in [0.1, 0.15) is 0 Å². The van der Waals surface area contributed by atoms with E-state index in [0.29, 0.717) is 5.88 Å². The molecule has 1 rings (SSSR count). The van der Waals surface area contributed by atoms with Gasteiger partial charge in [0.2, 0.25) is 0 Å². The van der Waals surface area contributed by atoms with Crippen molar-refractivity contribution in [3.05, 3.63) is 11.2 Å². The quantitative estimate of drug-likeness (QED) is 0.630. The first-order chi connectivity index (χ1) is 5.83. The lowest BCUT2D eigenvalue weighted by Gasteiger charge is -2.17. The molecule has 0 N–H and O–H groups in total. The first kappa shape index (κ1) is 10.2. The standard InChI is InChI=1S/C9H15Cl2N/c10-7-9(11)8-12-5-3-1-2-4-6-12/h8H,1-7H2/b9-8+. The highest BCUT2D eigenvalue weighted by atomic mass is 35.5. The summed E-state index contributed by atoms with van der Waals surface area (Å²) in [6, 6.07) is 0. The van der Waals surface area contributed by atoms with Gasteiger partial charge in [-0.05, 0) is 12.8 Å². The number of likely N-dealkylation sites (tertiary alicyclic amines) is 1. The van der Waals surface area contributed by atoms with Gasteiger partial charge >= 0.3 is 0 Å². The van der Waals surface area contributed by atoms with Gasteiger partial charge in [-0.15, -0.1) is 11.6 Å². The molecule has 1 nitrogen and oxygen atoms in total. The Morgan fingerprint density at radius 2 is 1.75 bits per heavy atom. The molecule has 0 amide bonds. The summed E-state index contributed by atoms with van der Waals surface area (Å²) in [6.07, 6.45) is 7.25. The number of alkyl halides is 1. The van der Waals surface area contributed by atoms with Crippen LogP contribution in [-0.4, -0.2) is 23.9 Å². The number of allylic oxidation sites excluding steroid dienone is 1. The van der Waals surface area contributed by atoms with E-state index in [4.69, 9.17) is 23.2 Å². The SMILES string of the molecule is ClC/C(Cl)=C\N1CCCCCC1. The van der Waals surface area contributed by atoms with Gasteiger partial charge in [0.05, 0.1) is 5.88 Å². The van der Waals surface area contributed by atoms with Crippen molar-refractivity contribution in [2.24, 2.45) is 0 Å². The summed E-state index contributed by atoms with van der Waals surface area (Å²) in [5.41, 5.74) is 0. The Kier molecular flexibility index (Phi) is 4.86. The highest BCUT2D eigenvalue weighted by Gasteiger charge is 2.05. The topological polar surface area (TPSA) is 3.24 Å². The van der Waals surface area contributed by atoms with E-state index in [9.17, 15) is 0 Å². The van der Waals surface area contributed by atoms with Gasteiger partial charge in [0, 0.05) is 24.3 Å². The Bertz CT molecular complexity index is 149. The van der Waals surface area contributed by atoms with Crippen molar-refractivity contribution in [3.63, 3.8) is 0 Å². The first-order valence-corrected chi connectivity index (χ1v) is 5.40. The molecular weight excluding hydrogens is 193 g/mol. The number of rotatable bonds is 2. The average molecular weight is 208 g/mol. The van der Waals surface area contributed by atoms with Crippen molar-refractivity contribution in [2.75, 3.05) is 19.0 Å². The molecule has 0 aromatic rings. The van der Waals surface area contributed by atoms with Crippen LogP contribution in [0.2, 0.25) is 0 Å². The largest absolute Gasteiger partial charge is 0.376 e. The first-order valence-electron chi connectivity index (χ1n) is 4.49. The molecule has 3 heteroatoms. The van der Waals surface area contributed by atoms with Crippen LogP contribution < -0.4 is 0 Å². The Labute approximate surface area is 84.3 Å². The van der Waals surface area contributed by atoms with E-state index < -0.39 is 0 Å². The van der Waals surface area contributed by atoms with Crippen molar-refractivity contribution in [1.29, 1.82) is 0 Å². The molecule has 0 spiro atoms. The molecule has 0 radical (unpaired) electrons. The lowest BCUT2D eigenvalue weighted by atomic mass is 10.2. The van der Waals surface area contributed by atoms with Crippen LogP contribution in [0.25, 0.3) is 0 Å². The Morgan fingerprint density at radius 1 is 1.17 bits per heavy atom. The fourth-order valence-corrected chi connectivity index (χ4v) is 1.66. The highest BCUT2D eigenvalue weighted by Crippen LogP contribution is 2.12. The zero-order chi connectivity index (χ0) is 8.81. The molecule has 1 saturated heterocycles. The van der Waals surface area contributed by atoms with Crippen molar-refractivity contribution >= 4 is 23.2 Å². The van der Waals surface area contributed by atoms with Gasteiger partial charge in [-0.1, -0.05) is 24.4 Å². The molecule has 1 aliphatic heterocycles. The molecule has 1 aliphatic rings. The third kappa shape index (κ3) is 3.68. The predicted octanol–water partition coefficient (Wildman–Crippen LogP) is 3.18. The van der Waals surface area contributed by atoms with Crippen LogP contribution in [-0.2, 0) is 0 Å². The van der Waals surface area contributed by atoms with Crippen LogP contribution in [0.4, 0.5) is 0 Å². The van der Waals surface area contributed by atoms with Crippen molar-refractivity contribution < 1.29 is 0 Å². The van der Waals surface area contributed by atoms with Crippen LogP contribution in [0.3, 0.4) is 0 Å². The predicted molar refractivity (Wildman–Crippen MR) is 54.7 cm³/mol. The molecule has 70 valence electrons. The molecule has 1 fully saturated rings. The summed E-state index contributed by atoms with van der Waals surface area (Å²) in [7, 11) is 0. The molecule has 0 saturated carbocycles. The molecular formula is C9H15Cl2N. The maximum absolute atomic E-state index is 5.84. The highest BCUT2D eigenvalue weighted by molar-refractivity contribution is 6.35. The van der Waals surface area contributed by atoms with E-state index >= 15 is 0 Å². The minimum atomic E-state index is 0.429. The summed E-state index contributed by atoms with van der Waals surface area (Å²) in [4.78, 5) is 2.28. The van der Waals surface area contributed by atoms with Crippen LogP contribution in [0, 0.1) is 0 Å². The minimum Gasteiger partial charge on any atom is -0.376 e. The zero-order valence-corrected chi connectivity index (χ0v) is 8.74. The fourth-order valence-electron chi connectivity index (χ4n) is 1.46. The number of hydrogen-bond acceptors (Lipinski definition) is 1. The monoisotopic (exact) mass is 207 g/mol. The van der Waals surface area contributed by atoms with Crippen LogP contribution in [0.15, 0.2) is 11.2 Å². The Balaban J connectivity index is 2.38. The van der Waals surface area contributed by atoms with Crippen molar-refractivity contribution in [2.45, 2.75) is 25.7 Å². The molecule has 0 aromatic heterocycles. The van der Waals surface area contributed by atoms with Crippen LogP contribution >= 0.6 is 23.2 Å². The Hall–Kier alpha value is 0.120. The molecule has 0 aliphatic carbocycles. The van der Waals surface area contributed by atoms with Gasteiger partial charge in [0.15, 0.2) is 0 Å². The number of hydrogen-bond donors (Lipinski definition) is 0. The second kappa shape index (κ2) is 5.71. The summed E-state index contributed by atoms with van der Waals surface area (Å²) >= 11 is 11.4. The van der Waals surface area contributed by atoms with E-state index in [1.807, 2.05) is 6.20 Å². The lowest BCUT2D eigenvalue weighted by molar-refractivity contribution is 0.390. The van der Waals surface area contributed by atoms with Gasteiger partial charge < -0.3 is 4.90 Å². The minimum absolute atomic E-state index is 0.429. The Morgan fingerprint density at radius 3 is 2.25 bits per heavy atom. The van der Waals surface area contributed by atoms with Crippen molar-refractivity contribution in [3.8, 4) is 0 Å². The summed E-state index contributed by atoms with van der Waals surface area (Å²) in [5, 5.41) is 0.749. The van der Waals surface area contributed by atoms with E-state index in [1.165, 1.54) is 25.7 Å². The molecule has 0 atom stereocenters. The fraction of sp³-hybridized carbons (Fsp3) is 0.778. The second-order valence-corrected chi connectivity index (χ2v) is 3.91. The maximum atomic E-state index is 5.84. The van der Waals surface area contributed by atoms with E-state index in [1.54, 1.807) is 0 Å². The molecule has 1 heterocycles. The van der Waals surface area contributed by atoms with E-state index in [-0.39, 0.29) is 0 Å². The molecule has 0 aromatic carbocycles. The van der Waals surface area contributed by atoms with Crippen LogP contribution in [0.5, 0.6) is 0 Å². The average Bonchev–Trinajstić information content (AvgIpc) is 2.33. The maximum Gasteiger partial charge on any atom is 0.0596 e. The van der Waals surface area contributed by atoms with Gasteiger partial charge in [-0.2, -0.15) is 0 Å². The third-order valence-corrected chi connectivity index (χ3v) is 2.75. The van der Waals surface area contributed by atoms with Gasteiger partial charge in [-0.25, -0.2) is 0 Å². The summed E-state index contributed by atoms with van der Waals surface area (Å²) < 4.78 is 0.